The van der Waals surface area contributed by atoms with Gasteiger partial charge in [-0.25, -0.2) is 0 Å². The Bertz CT molecular complexity index is 608. The first kappa shape index (κ1) is 14.3. The number of nitrogens with two attached hydrogens (primary N) is 1. The summed E-state index contributed by atoms with van der Waals surface area (Å²) in [6.07, 6.45) is 3.57. The molecule has 2 atom stereocenters. The second-order valence-corrected chi connectivity index (χ2v) is 5.80. The van der Waals surface area contributed by atoms with Crippen molar-refractivity contribution in [2.45, 2.75) is 38.4 Å². The predicted molar refractivity (Wildman–Crippen MR) is 86.2 cm³/mol. The summed E-state index contributed by atoms with van der Waals surface area (Å²) in [4.78, 5) is 0. The molecule has 0 heterocycles. The molecule has 2 heteroatoms. The second-order valence-electron chi connectivity index (χ2n) is 5.80. The summed E-state index contributed by atoms with van der Waals surface area (Å²) in [5.74, 6) is 0. The van der Waals surface area contributed by atoms with E-state index in [0.29, 0.717) is 6.54 Å². The van der Waals surface area contributed by atoms with Gasteiger partial charge in [0.15, 0.2) is 0 Å². The molecular weight excluding hydrogens is 258 g/mol. The molecule has 2 aromatic rings. The quantitative estimate of drug-likeness (QED) is 0.916. The van der Waals surface area contributed by atoms with Crippen LogP contribution in [0.3, 0.4) is 0 Å². The first-order valence-corrected chi connectivity index (χ1v) is 7.78. The van der Waals surface area contributed by atoms with Crippen molar-refractivity contribution in [1.29, 1.82) is 0 Å². The van der Waals surface area contributed by atoms with E-state index in [1.807, 2.05) is 0 Å². The number of aryl methyl sites for hydroxylation is 2. The van der Waals surface area contributed by atoms with E-state index in [1.165, 1.54) is 28.7 Å². The Morgan fingerprint density at radius 1 is 1.14 bits per heavy atom. The lowest BCUT2D eigenvalue weighted by atomic mass is 9.89. The second kappa shape index (κ2) is 6.42. The summed E-state index contributed by atoms with van der Waals surface area (Å²) in [6.45, 7) is 2.64. The van der Waals surface area contributed by atoms with Gasteiger partial charge in [0, 0.05) is 6.54 Å². The van der Waals surface area contributed by atoms with Crippen LogP contribution < -0.4 is 5.73 Å². The van der Waals surface area contributed by atoms with Gasteiger partial charge in [-0.1, -0.05) is 48.5 Å². The molecule has 0 radical (unpaired) electrons. The fraction of sp³-hybridized carbons (Fsp3) is 0.368. The molecule has 0 amide bonds. The van der Waals surface area contributed by atoms with Gasteiger partial charge in [-0.05, 0) is 48.4 Å². The Labute approximate surface area is 126 Å². The zero-order valence-corrected chi connectivity index (χ0v) is 12.6. The van der Waals surface area contributed by atoms with Gasteiger partial charge in [-0.3, -0.25) is 0 Å². The first-order valence-electron chi connectivity index (χ1n) is 7.78. The summed E-state index contributed by atoms with van der Waals surface area (Å²) < 4.78 is 6.41. The van der Waals surface area contributed by atoms with Crippen LogP contribution in [0.2, 0.25) is 0 Å². The fourth-order valence-corrected chi connectivity index (χ4v) is 3.25. The Kier molecular flexibility index (Phi) is 4.37. The molecule has 0 spiro atoms. The Hall–Kier alpha value is -1.64. The highest BCUT2D eigenvalue weighted by atomic mass is 16.5. The molecule has 2 unspecified atom stereocenters. The van der Waals surface area contributed by atoms with Gasteiger partial charge in [0.1, 0.15) is 0 Å². The minimum absolute atomic E-state index is 0.0256. The number of hydrogen-bond donors (Lipinski definition) is 1. The minimum atomic E-state index is -0.0256. The van der Waals surface area contributed by atoms with Crippen molar-refractivity contribution in [3.63, 3.8) is 0 Å². The lowest BCUT2D eigenvalue weighted by molar-refractivity contribution is -0.0194. The smallest absolute Gasteiger partial charge is 0.0957 e. The van der Waals surface area contributed by atoms with Crippen molar-refractivity contribution >= 4 is 0 Å². The van der Waals surface area contributed by atoms with E-state index < -0.39 is 0 Å². The molecule has 1 aliphatic carbocycles. The third kappa shape index (κ3) is 3.02. The van der Waals surface area contributed by atoms with E-state index in [1.54, 1.807) is 0 Å². The lowest BCUT2D eigenvalue weighted by Gasteiger charge is -2.30. The average Bonchev–Trinajstić information content (AvgIpc) is 2.53. The molecule has 3 rings (SSSR count). The summed E-state index contributed by atoms with van der Waals surface area (Å²) >= 11 is 0. The van der Waals surface area contributed by atoms with E-state index in [0.717, 1.165) is 12.8 Å². The Morgan fingerprint density at radius 3 is 2.71 bits per heavy atom. The van der Waals surface area contributed by atoms with Crippen LogP contribution in [0.25, 0.3) is 0 Å². The number of fused-ring (bicyclic) bond motifs is 1. The van der Waals surface area contributed by atoms with E-state index in [4.69, 9.17) is 10.5 Å². The van der Waals surface area contributed by atoms with Crippen LogP contribution in [-0.2, 0) is 11.2 Å². The maximum atomic E-state index is 6.41. The highest BCUT2D eigenvalue weighted by Crippen LogP contribution is 2.36. The van der Waals surface area contributed by atoms with Crippen LogP contribution in [-0.4, -0.2) is 6.54 Å². The van der Waals surface area contributed by atoms with Crippen LogP contribution in [0.1, 0.15) is 47.3 Å². The largest absolute Gasteiger partial charge is 0.364 e. The predicted octanol–water partition coefficient (Wildman–Crippen LogP) is 4.09. The van der Waals surface area contributed by atoms with Crippen LogP contribution in [0.15, 0.2) is 48.5 Å². The van der Waals surface area contributed by atoms with Gasteiger partial charge in [0.25, 0.3) is 0 Å². The van der Waals surface area contributed by atoms with Gasteiger partial charge in [0.2, 0.25) is 0 Å². The number of ether oxygens (including phenoxy) is 1. The summed E-state index contributed by atoms with van der Waals surface area (Å²) in [5.41, 5.74) is 11.2. The van der Waals surface area contributed by atoms with Crippen LogP contribution in [0.4, 0.5) is 0 Å². The van der Waals surface area contributed by atoms with Gasteiger partial charge < -0.3 is 10.5 Å². The highest BCUT2D eigenvalue weighted by Gasteiger charge is 2.24. The Morgan fingerprint density at radius 2 is 1.90 bits per heavy atom. The molecule has 0 saturated carbocycles. The van der Waals surface area contributed by atoms with Crippen LogP contribution in [0.5, 0.6) is 0 Å². The van der Waals surface area contributed by atoms with E-state index in [-0.39, 0.29) is 12.2 Å². The minimum Gasteiger partial charge on any atom is -0.364 e. The Balaban J connectivity index is 1.84. The van der Waals surface area contributed by atoms with Crippen molar-refractivity contribution in [3.05, 3.63) is 70.8 Å². The zero-order chi connectivity index (χ0) is 14.7. The number of hydrogen-bond acceptors (Lipinski definition) is 2. The third-order valence-electron chi connectivity index (χ3n) is 4.39. The standard InChI is InChI=1S/C19H23NO/c1-14-7-2-4-10-16(14)19(13-20)21-18-12-6-9-15-8-3-5-11-17(15)18/h2-5,7-8,10-11,18-19H,6,9,12-13,20H2,1H3. The van der Waals surface area contributed by atoms with E-state index >= 15 is 0 Å². The van der Waals surface area contributed by atoms with E-state index in [2.05, 4.69) is 55.5 Å². The maximum Gasteiger partial charge on any atom is 0.0957 e. The van der Waals surface area contributed by atoms with Crippen LogP contribution in [0, 0.1) is 6.92 Å². The van der Waals surface area contributed by atoms with E-state index in [9.17, 15) is 0 Å². The number of rotatable bonds is 4. The molecule has 21 heavy (non-hydrogen) atoms. The monoisotopic (exact) mass is 281 g/mol. The summed E-state index contributed by atoms with van der Waals surface area (Å²) in [6, 6.07) is 17.0. The molecule has 1 aliphatic rings. The lowest BCUT2D eigenvalue weighted by Crippen LogP contribution is -2.21. The summed E-state index contributed by atoms with van der Waals surface area (Å²) in [5, 5.41) is 0. The molecule has 0 fully saturated rings. The molecule has 2 aromatic carbocycles. The average molecular weight is 281 g/mol. The van der Waals surface area contributed by atoms with Crippen molar-refractivity contribution in [2.75, 3.05) is 6.54 Å². The highest BCUT2D eigenvalue weighted by molar-refractivity contribution is 5.32. The van der Waals surface area contributed by atoms with Crippen LogP contribution >= 0.6 is 0 Å². The fourth-order valence-electron chi connectivity index (χ4n) is 3.25. The molecular formula is C19H23NO. The SMILES string of the molecule is Cc1ccccc1C(CN)OC1CCCc2ccccc21. The third-order valence-corrected chi connectivity index (χ3v) is 4.39. The van der Waals surface area contributed by atoms with Gasteiger partial charge in [-0.15, -0.1) is 0 Å². The summed E-state index contributed by atoms with van der Waals surface area (Å²) in [7, 11) is 0. The molecule has 2 nitrogen and oxygen atoms in total. The molecule has 0 aliphatic heterocycles. The van der Waals surface area contributed by atoms with Crippen molar-refractivity contribution in [3.8, 4) is 0 Å². The zero-order valence-electron chi connectivity index (χ0n) is 12.6. The number of benzene rings is 2. The van der Waals surface area contributed by atoms with Gasteiger partial charge >= 0.3 is 0 Å². The molecule has 0 bridgehead atoms. The van der Waals surface area contributed by atoms with Crippen molar-refractivity contribution in [2.24, 2.45) is 5.73 Å². The maximum absolute atomic E-state index is 6.41. The van der Waals surface area contributed by atoms with Gasteiger partial charge in [-0.2, -0.15) is 0 Å². The molecule has 2 N–H and O–H groups in total. The first-order chi connectivity index (χ1) is 10.3. The van der Waals surface area contributed by atoms with Crippen molar-refractivity contribution < 1.29 is 4.74 Å². The molecule has 0 saturated heterocycles. The van der Waals surface area contributed by atoms with Crippen molar-refractivity contribution in [1.82, 2.24) is 0 Å². The molecule has 110 valence electrons. The normalized spacial score (nSPS) is 19.0. The topological polar surface area (TPSA) is 35.2 Å². The van der Waals surface area contributed by atoms with Gasteiger partial charge in [0.05, 0.1) is 12.2 Å². The molecule has 0 aromatic heterocycles.